The number of fused-ring (bicyclic) bond motifs is 1. The van der Waals surface area contributed by atoms with Crippen molar-refractivity contribution in [3.05, 3.63) is 42.1 Å². The molecule has 4 fully saturated rings. The van der Waals surface area contributed by atoms with Crippen LogP contribution >= 0.6 is 12.2 Å². The smallest absolute Gasteiger partial charge is 0.187 e. The molecule has 6 rings (SSSR count). The van der Waals surface area contributed by atoms with Crippen LogP contribution < -0.4 is 10.7 Å². The minimum atomic E-state index is 0.218. The molecule has 4 saturated carbocycles. The summed E-state index contributed by atoms with van der Waals surface area (Å²) in [6.45, 7) is 0. The predicted molar refractivity (Wildman–Crippen MR) is 109 cm³/mol. The zero-order valence-electron chi connectivity index (χ0n) is 14.8. The van der Waals surface area contributed by atoms with E-state index in [9.17, 15) is 0 Å². The Hall–Kier alpha value is -2.01. The highest BCUT2D eigenvalue weighted by atomic mass is 32.1. The van der Waals surface area contributed by atoms with E-state index in [4.69, 9.17) is 12.2 Å². The maximum absolute atomic E-state index is 5.53. The van der Waals surface area contributed by atoms with Crippen LogP contribution in [0.15, 0.2) is 41.5 Å². The molecule has 4 nitrogen and oxygen atoms in total. The number of nitrogens with one attached hydrogen (secondary N) is 2. The average molecular weight is 365 g/mol. The Balaban J connectivity index is 1.22. The van der Waals surface area contributed by atoms with E-state index in [1.165, 1.54) is 38.5 Å². The van der Waals surface area contributed by atoms with Crippen LogP contribution in [0.2, 0.25) is 0 Å². The Morgan fingerprint density at radius 3 is 2.46 bits per heavy atom. The summed E-state index contributed by atoms with van der Waals surface area (Å²) in [6, 6.07) is 12.1. The molecule has 1 aromatic heterocycles. The van der Waals surface area contributed by atoms with Gasteiger partial charge in [-0.3, -0.25) is 5.43 Å². The molecule has 0 spiro atoms. The fourth-order valence-electron chi connectivity index (χ4n) is 5.84. The van der Waals surface area contributed by atoms with Gasteiger partial charge in [-0.15, -0.1) is 0 Å². The summed E-state index contributed by atoms with van der Waals surface area (Å²) in [5.74, 6) is 2.71. The summed E-state index contributed by atoms with van der Waals surface area (Å²) in [7, 11) is 0. The van der Waals surface area contributed by atoms with E-state index in [1.54, 1.807) is 6.21 Å². The van der Waals surface area contributed by atoms with Gasteiger partial charge in [0.25, 0.3) is 0 Å². The third kappa shape index (κ3) is 3.09. The van der Waals surface area contributed by atoms with Gasteiger partial charge in [0.2, 0.25) is 0 Å². The van der Waals surface area contributed by atoms with E-state index in [-0.39, 0.29) is 5.54 Å². The van der Waals surface area contributed by atoms with Crippen LogP contribution in [0, 0.1) is 17.8 Å². The Labute approximate surface area is 159 Å². The van der Waals surface area contributed by atoms with Gasteiger partial charge >= 0.3 is 0 Å². The number of nitrogens with zero attached hydrogens (tertiary/aromatic N) is 2. The van der Waals surface area contributed by atoms with Gasteiger partial charge in [-0.25, -0.2) is 4.98 Å². The van der Waals surface area contributed by atoms with E-state index in [1.807, 2.05) is 24.3 Å². The molecule has 0 unspecified atom stereocenters. The molecule has 4 aliphatic carbocycles. The monoisotopic (exact) mass is 364 g/mol. The molecule has 0 radical (unpaired) electrons. The molecule has 4 bridgehead atoms. The molecule has 0 amide bonds. The van der Waals surface area contributed by atoms with Crippen molar-refractivity contribution >= 4 is 34.4 Å². The molecular formula is C21H24N4S. The van der Waals surface area contributed by atoms with Crippen molar-refractivity contribution in [3.63, 3.8) is 0 Å². The van der Waals surface area contributed by atoms with E-state index in [2.05, 4.69) is 33.0 Å². The zero-order valence-corrected chi connectivity index (χ0v) is 15.6. The number of rotatable bonds is 3. The highest BCUT2D eigenvalue weighted by Crippen LogP contribution is 2.55. The molecule has 4 aliphatic rings. The number of hydrazone groups is 1. The lowest BCUT2D eigenvalue weighted by molar-refractivity contribution is -0.0101. The van der Waals surface area contributed by atoms with Crippen LogP contribution in [0.4, 0.5) is 0 Å². The van der Waals surface area contributed by atoms with Gasteiger partial charge in [0.1, 0.15) is 0 Å². The van der Waals surface area contributed by atoms with Crippen LogP contribution in [-0.4, -0.2) is 21.8 Å². The van der Waals surface area contributed by atoms with Crippen molar-refractivity contribution in [1.29, 1.82) is 0 Å². The molecule has 26 heavy (non-hydrogen) atoms. The first kappa shape index (κ1) is 16.2. The van der Waals surface area contributed by atoms with Crippen LogP contribution in [-0.2, 0) is 0 Å². The highest BCUT2D eigenvalue weighted by molar-refractivity contribution is 7.80. The van der Waals surface area contributed by atoms with Crippen molar-refractivity contribution in [2.75, 3.05) is 0 Å². The molecular weight excluding hydrogens is 340 g/mol. The lowest BCUT2D eigenvalue weighted by Crippen LogP contribution is -2.61. The summed E-state index contributed by atoms with van der Waals surface area (Å²) >= 11 is 5.53. The lowest BCUT2D eigenvalue weighted by atomic mass is 9.53. The average Bonchev–Trinajstić information content (AvgIpc) is 2.60. The third-order valence-corrected chi connectivity index (χ3v) is 6.59. The second-order valence-electron chi connectivity index (χ2n) is 8.45. The maximum atomic E-state index is 5.53. The van der Waals surface area contributed by atoms with Crippen LogP contribution in [0.1, 0.15) is 44.2 Å². The fraction of sp³-hybridized carbons (Fsp3) is 0.476. The van der Waals surface area contributed by atoms with Gasteiger partial charge in [0, 0.05) is 10.9 Å². The molecule has 1 heterocycles. The number of hydrogen-bond acceptors (Lipinski definition) is 3. The normalized spacial score (nSPS) is 32.2. The van der Waals surface area contributed by atoms with Crippen molar-refractivity contribution < 1.29 is 0 Å². The summed E-state index contributed by atoms with van der Waals surface area (Å²) in [6.07, 6.45) is 9.87. The van der Waals surface area contributed by atoms with E-state index >= 15 is 0 Å². The predicted octanol–water partition coefficient (Wildman–Crippen LogP) is 4.00. The number of benzene rings is 1. The van der Waals surface area contributed by atoms with Crippen molar-refractivity contribution in [2.24, 2.45) is 22.9 Å². The molecule has 2 N–H and O–H groups in total. The first-order valence-electron chi connectivity index (χ1n) is 9.64. The first-order valence-corrected chi connectivity index (χ1v) is 10.1. The van der Waals surface area contributed by atoms with E-state index in [0.29, 0.717) is 5.11 Å². The minimum Gasteiger partial charge on any atom is -0.356 e. The Bertz CT molecular complexity index is 840. The molecule has 0 saturated heterocycles. The Morgan fingerprint density at radius 1 is 1.04 bits per heavy atom. The fourth-order valence-corrected chi connectivity index (χ4v) is 6.11. The summed E-state index contributed by atoms with van der Waals surface area (Å²) in [5, 5.41) is 9.71. The van der Waals surface area contributed by atoms with Crippen LogP contribution in [0.5, 0.6) is 0 Å². The molecule has 134 valence electrons. The van der Waals surface area contributed by atoms with Gasteiger partial charge < -0.3 is 5.32 Å². The number of para-hydroxylation sites is 1. The van der Waals surface area contributed by atoms with Gasteiger partial charge in [0.15, 0.2) is 5.11 Å². The van der Waals surface area contributed by atoms with Crippen molar-refractivity contribution in [3.8, 4) is 0 Å². The molecule has 1 aromatic carbocycles. The van der Waals surface area contributed by atoms with Crippen LogP contribution in [0.3, 0.4) is 0 Å². The number of pyridine rings is 1. The lowest BCUT2D eigenvalue weighted by Gasteiger charge is -2.57. The summed E-state index contributed by atoms with van der Waals surface area (Å²) < 4.78 is 0. The quantitative estimate of drug-likeness (QED) is 0.491. The Morgan fingerprint density at radius 2 is 1.73 bits per heavy atom. The van der Waals surface area contributed by atoms with E-state index < -0.39 is 0 Å². The Kier molecular flexibility index (Phi) is 3.92. The van der Waals surface area contributed by atoms with Crippen molar-refractivity contribution in [1.82, 2.24) is 15.7 Å². The second-order valence-corrected chi connectivity index (χ2v) is 8.86. The third-order valence-electron chi connectivity index (χ3n) is 6.40. The molecule has 5 heteroatoms. The van der Waals surface area contributed by atoms with Crippen LogP contribution in [0.25, 0.3) is 10.9 Å². The largest absolute Gasteiger partial charge is 0.356 e. The zero-order chi connectivity index (χ0) is 17.6. The first-order chi connectivity index (χ1) is 12.7. The molecule has 0 aliphatic heterocycles. The van der Waals surface area contributed by atoms with Gasteiger partial charge in [-0.05, 0) is 80.6 Å². The van der Waals surface area contributed by atoms with Gasteiger partial charge in [-0.2, -0.15) is 5.10 Å². The number of hydrogen-bond donors (Lipinski definition) is 2. The topological polar surface area (TPSA) is 49.3 Å². The second kappa shape index (κ2) is 6.31. The summed E-state index contributed by atoms with van der Waals surface area (Å²) in [4.78, 5) is 4.60. The summed E-state index contributed by atoms with van der Waals surface area (Å²) in [5.41, 5.74) is 5.03. The minimum absolute atomic E-state index is 0.218. The van der Waals surface area contributed by atoms with Crippen molar-refractivity contribution in [2.45, 2.75) is 44.1 Å². The maximum Gasteiger partial charge on any atom is 0.187 e. The standard InChI is InChI=1S/C21H24N4S/c26-20(24-21-10-14-7-15(11-21)9-16(8-14)12-21)25-22-13-18-6-5-17-3-1-2-4-19(17)23-18/h1-6,13-16H,7-12H2,(H2,24,25,26)/b22-13+. The van der Waals surface area contributed by atoms with Gasteiger partial charge in [0.05, 0.1) is 17.4 Å². The SMILES string of the molecule is S=C(N/N=C/c1ccc2ccccc2n1)NC12CC3CC(CC(C3)C1)C2. The number of thiocarbonyl (C=S) groups is 1. The van der Waals surface area contributed by atoms with Gasteiger partial charge in [-0.1, -0.05) is 24.3 Å². The highest BCUT2D eigenvalue weighted by Gasteiger charge is 2.51. The number of aromatic nitrogens is 1. The molecule has 2 aromatic rings. The van der Waals surface area contributed by atoms with E-state index in [0.717, 1.165) is 34.4 Å². The molecule has 0 atom stereocenters.